The van der Waals surface area contributed by atoms with Crippen LogP contribution < -0.4 is 10.1 Å². The lowest BCUT2D eigenvalue weighted by atomic mass is 9.92. The maximum absolute atomic E-state index is 12.1. The SMILES string of the molecule is FC(F)(F)Oc1ccc(CC2=CC3COCC(C2)N3)cc1. The molecule has 2 aliphatic rings. The largest absolute Gasteiger partial charge is 0.573 e. The van der Waals surface area contributed by atoms with Crippen LogP contribution in [0, 0.1) is 0 Å². The summed E-state index contributed by atoms with van der Waals surface area (Å²) in [6.07, 6.45) is -0.815. The van der Waals surface area contributed by atoms with Crippen LogP contribution in [0.25, 0.3) is 0 Å². The van der Waals surface area contributed by atoms with Crippen molar-refractivity contribution >= 4 is 0 Å². The van der Waals surface area contributed by atoms with Gasteiger partial charge in [-0.05, 0) is 30.5 Å². The van der Waals surface area contributed by atoms with Gasteiger partial charge in [-0.25, -0.2) is 0 Å². The van der Waals surface area contributed by atoms with Crippen LogP contribution in [0.5, 0.6) is 5.75 Å². The van der Waals surface area contributed by atoms with Crippen LogP contribution in [0.1, 0.15) is 12.0 Å². The minimum absolute atomic E-state index is 0.184. The minimum Gasteiger partial charge on any atom is -0.406 e. The first-order valence-corrected chi connectivity index (χ1v) is 6.86. The van der Waals surface area contributed by atoms with E-state index in [9.17, 15) is 13.2 Å². The van der Waals surface area contributed by atoms with Gasteiger partial charge in [-0.2, -0.15) is 0 Å². The van der Waals surface area contributed by atoms with Crippen molar-refractivity contribution in [3.05, 3.63) is 41.5 Å². The van der Waals surface area contributed by atoms with Crippen LogP contribution in [-0.4, -0.2) is 31.7 Å². The summed E-state index contributed by atoms with van der Waals surface area (Å²) in [7, 11) is 0. The summed E-state index contributed by atoms with van der Waals surface area (Å²) in [5.74, 6) is -0.184. The maximum atomic E-state index is 12.1. The third kappa shape index (κ3) is 3.98. The van der Waals surface area contributed by atoms with Gasteiger partial charge in [-0.1, -0.05) is 23.8 Å². The molecular formula is C15H16F3NO2. The van der Waals surface area contributed by atoms with Crippen molar-refractivity contribution in [2.75, 3.05) is 13.2 Å². The van der Waals surface area contributed by atoms with Crippen LogP contribution >= 0.6 is 0 Å². The minimum atomic E-state index is -4.64. The van der Waals surface area contributed by atoms with E-state index in [2.05, 4.69) is 16.1 Å². The molecule has 1 saturated heterocycles. The molecule has 2 aliphatic heterocycles. The smallest absolute Gasteiger partial charge is 0.406 e. The number of fused-ring (bicyclic) bond motifs is 2. The first-order chi connectivity index (χ1) is 9.98. The van der Waals surface area contributed by atoms with E-state index < -0.39 is 6.36 Å². The molecule has 2 unspecified atom stereocenters. The molecule has 2 heterocycles. The monoisotopic (exact) mass is 299 g/mol. The zero-order chi connectivity index (χ0) is 14.9. The fourth-order valence-electron chi connectivity index (χ4n) is 2.82. The highest BCUT2D eigenvalue weighted by Gasteiger charge is 2.31. The molecule has 3 rings (SSSR count). The first-order valence-electron chi connectivity index (χ1n) is 6.86. The topological polar surface area (TPSA) is 30.5 Å². The molecule has 1 fully saturated rings. The molecule has 21 heavy (non-hydrogen) atoms. The van der Waals surface area contributed by atoms with Crippen LogP contribution in [0.15, 0.2) is 35.9 Å². The molecular weight excluding hydrogens is 283 g/mol. The van der Waals surface area contributed by atoms with Gasteiger partial charge in [-0.3, -0.25) is 0 Å². The number of benzene rings is 1. The second-order valence-corrected chi connectivity index (χ2v) is 5.41. The summed E-state index contributed by atoms with van der Waals surface area (Å²) in [6.45, 7) is 1.39. The van der Waals surface area contributed by atoms with Crippen molar-refractivity contribution in [3.63, 3.8) is 0 Å². The normalized spacial score (nSPS) is 25.4. The Morgan fingerprint density at radius 2 is 1.95 bits per heavy atom. The number of alkyl halides is 3. The molecule has 3 nitrogen and oxygen atoms in total. The van der Waals surface area contributed by atoms with Crippen molar-refractivity contribution in [2.24, 2.45) is 0 Å². The maximum Gasteiger partial charge on any atom is 0.573 e. The molecule has 0 spiro atoms. The van der Waals surface area contributed by atoms with Gasteiger partial charge in [0.05, 0.1) is 13.2 Å². The predicted molar refractivity (Wildman–Crippen MR) is 71.1 cm³/mol. The van der Waals surface area contributed by atoms with Gasteiger partial charge >= 0.3 is 6.36 Å². The average Bonchev–Trinajstić information content (AvgIpc) is 2.39. The van der Waals surface area contributed by atoms with E-state index in [4.69, 9.17) is 4.74 Å². The first kappa shape index (κ1) is 14.4. The molecule has 0 aromatic heterocycles. The number of hydrogen-bond donors (Lipinski definition) is 1. The third-order valence-corrected chi connectivity index (χ3v) is 3.60. The lowest BCUT2D eigenvalue weighted by molar-refractivity contribution is -0.274. The van der Waals surface area contributed by atoms with E-state index in [1.165, 1.54) is 17.7 Å². The van der Waals surface area contributed by atoms with Crippen LogP contribution in [-0.2, 0) is 11.2 Å². The zero-order valence-corrected chi connectivity index (χ0v) is 11.3. The van der Waals surface area contributed by atoms with Gasteiger partial charge in [0, 0.05) is 12.1 Å². The molecule has 6 heteroatoms. The predicted octanol–water partition coefficient (Wildman–Crippen LogP) is 2.81. The average molecular weight is 299 g/mol. The van der Waals surface area contributed by atoms with Crippen LogP contribution in [0.4, 0.5) is 13.2 Å². The highest BCUT2D eigenvalue weighted by Crippen LogP contribution is 2.25. The van der Waals surface area contributed by atoms with Gasteiger partial charge < -0.3 is 14.8 Å². The van der Waals surface area contributed by atoms with Crippen molar-refractivity contribution in [3.8, 4) is 5.75 Å². The second kappa shape index (κ2) is 5.69. The number of rotatable bonds is 3. The van der Waals surface area contributed by atoms with Crippen LogP contribution in [0.2, 0.25) is 0 Å². The van der Waals surface area contributed by atoms with Gasteiger partial charge in [0.1, 0.15) is 5.75 Å². The van der Waals surface area contributed by atoms with Crippen molar-refractivity contribution in [1.29, 1.82) is 0 Å². The van der Waals surface area contributed by atoms with E-state index >= 15 is 0 Å². The fraction of sp³-hybridized carbons (Fsp3) is 0.467. The van der Waals surface area contributed by atoms with E-state index in [-0.39, 0.29) is 11.8 Å². The van der Waals surface area contributed by atoms with Gasteiger partial charge in [0.15, 0.2) is 0 Å². The Hall–Kier alpha value is -1.53. The van der Waals surface area contributed by atoms with E-state index in [1.807, 2.05) is 0 Å². The Kier molecular flexibility index (Phi) is 3.91. The molecule has 0 amide bonds. The standard InChI is InChI=1S/C15H16F3NO2/c16-15(17,18)21-14-3-1-10(2-4-14)5-11-6-12-8-20-9-13(7-11)19-12/h1-4,6,12-13,19H,5,7-9H2. The van der Waals surface area contributed by atoms with Gasteiger partial charge in [-0.15, -0.1) is 13.2 Å². The lowest BCUT2D eigenvalue weighted by Gasteiger charge is -2.35. The lowest BCUT2D eigenvalue weighted by Crippen LogP contribution is -2.50. The molecule has 0 radical (unpaired) electrons. The zero-order valence-electron chi connectivity index (χ0n) is 11.3. The summed E-state index contributed by atoms with van der Waals surface area (Å²) in [6, 6.07) is 6.66. The highest BCUT2D eigenvalue weighted by atomic mass is 19.4. The van der Waals surface area contributed by atoms with E-state index in [0.717, 1.165) is 18.4 Å². The van der Waals surface area contributed by atoms with E-state index in [1.54, 1.807) is 12.1 Å². The molecule has 1 N–H and O–H groups in total. The fourth-order valence-corrected chi connectivity index (χ4v) is 2.82. The second-order valence-electron chi connectivity index (χ2n) is 5.41. The molecule has 114 valence electrons. The summed E-state index contributed by atoms with van der Waals surface area (Å²) < 4.78 is 45.6. The number of halogens is 3. The summed E-state index contributed by atoms with van der Waals surface area (Å²) >= 11 is 0. The third-order valence-electron chi connectivity index (χ3n) is 3.60. The molecule has 2 bridgehead atoms. The van der Waals surface area contributed by atoms with E-state index in [0.29, 0.717) is 19.3 Å². The number of ether oxygens (including phenoxy) is 2. The summed E-state index contributed by atoms with van der Waals surface area (Å²) in [4.78, 5) is 0. The quantitative estimate of drug-likeness (QED) is 0.871. The number of nitrogens with one attached hydrogen (secondary N) is 1. The Morgan fingerprint density at radius 1 is 1.19 bits per heavy atom. The summed E-state index contributed by atoms with van der Waals surface area (Å²) in [5, 5.41) is 3.46. The van der Waals surface area contributed by atoms with Crippen molar-refractivity contribution < 1.29 is 22.6 Å². The molecule has 1 aromatic rings. The highest BCUT2D eigenvalue weighted by molar-refractivity contribution is 5.31. The Morgan fingerprint density at radius 3 is 2.62 bits per heavy atom. The van der Waals surface area contributed by atoms with Crippen molar-refractivity contribution in [2.45, 2.75) is 31.3 Å². The molecule has 0 saturated carbocycles. The molecule has 1 aromatic carbocycles. The Labute approximate surface area is 120 Å². The number of morpholine rings is 1. The number of hydrogen-bond acceptors (Lipinski definition) is 3. The van der Waals surface area contributed by atoms with Gasteiger partial charge in [0.2, 0.25) is 0 Å². The Balaban J connectivity index is 1.64. The van der Waals surface area contributed by atoms with Crippen LogP contribution in [0.3, 0.4) is 0 Å². The molecule has 0 aliphatic carbocycles. The van der Waals surface area contributed by atoms with Gasteiger partial charge in [0.25, 0.3) is 0 Å². The Bertz CT molecular complexity index is 525. The van der Waals surface area contributed by atoms with Crippen molar-refractivity contribution in [1.82, 2.24) is 5.32 Å². The molecule has 2 atom stereocenters. The summed E-state index contributed by atoms with van der Waals surface area (Å²) in [5.41, 5.74) is 2.29.